The lowest BCUT2D eigenvalue weighted by atomic mass is 10.2. The molecule has 0 aliphatic rings. The second kappa shape index (κ2) is 7.69. The summed E-state index contributed by atoms with van der Waals surface area (Å²) in [6, 6.07) is 17.6. The van der Waals surface area contributed by atoms with Gasteiger partial charge in [-0.3, -0.25) is 13.9 Å². The molecular formula is C20H19N3O4S. The number of H-pyrrole nitrogens is 1. The van der Waals surface area contributed by atoms with E-state index in [1.165, 1.54) is 35.6 Å². The third kappa shape index (κ3) is 3.96. The van der Waals surface area contributed by atoms with Crippen molar-refractivity contribution in [3.63, 3.8) is 0 Å². The first-order valence-electron chi connectivity index (χ1n) is 8.44. The van der Waals surface area contributed by atoms with Crippen molar-refractivity contribution in [2.45, 2.75) is 11.8 Å². The van der Waals surface area contributed by atoms with Crippen molar-refractivity contribution in [2.75, 3.05) is 16.7 Å². The number of nitrogens with one attached hydrogen (secondary N) is 2. The minimum atomic E-state index is -3.81. The van der Waals surface area contributed by atoms with Crippen molar-refractivity contribution in [2.24, 2.45) is 0 Å². The molecule has 3 rings (SSSR count). The van der Waals surface area contributed by atoms with Crippen molar-refractivity contribution < 1.29 is 13.2 Å². The maximum absolute atomic E-state index is 12.9. The van der Waals surface area contributed by atoms with Crippen LogP contribution in [0.4, 0.5) is 11.4 Å². The van der Waals surface area contributed by atoms with Crippen LogP contribution in [0.2, 0.25) is 0 Å². The highest BCUT2D eigenvalue weighted by molar-refractivity contribution is 7.92. The number of para-hydroxylation sites is 1. The van der Waals surface area contributed by atoms with Crippen molar-refractivity contribution in [1.82, 2.24) is 4.98 Å². The summed E-state index contributed by atoms with van der Waals surface area (Å²) in [5.74, 6) is -0.618. The van der Waals surface area contributed by atoms with E-state index in [-0.39, 0.29) is 16.1 Å². The van der Waals surface area contributed by atoms with Crippen LogP contribution < -0.4 is 15.2 Å². The molecule has 3 aromatic rings. The van der Waals surface area contributed by atoms with Crippen LogP contribution in [0.3, 0.4) is 0 Å². The molecule has 0 aliphatic heterocycles. The van der Waals surface area contributed by atoms with E-state index < -0.39 is 21.5 Å². The Bertz CT molecular complexity index is 1170. The van der Waals surface area contributed by atoms with Crippen LogP contribution in [-0.2, 0) is 10.0 Å². The summed E-state index contributed by atoms with van der Waals surface area (Å²) in [5.41, 5.74) is 0.861. The maximum atomic E-state index is 12.9. The second-order valence-corrected chi connectivity index (χ2v) is 8.14. The second-order valence-electron chi connectivity index (χ2n) is 6.17. The molecule has 0 radical (unpaired) electrons. The van der Waals surface area contributed by atoms with Gasteiger partial charge in [-0.25, -0.2) is 8.42 Å². The summed E-state index contributed by atoms with van der Waals surface area (Å²) in [6.45, 7) is 1.71. The number of anilines is 2. The number of carbonyl (C=O) groups is 1. The Kier molecular flexibility index (Phi) is 5.32. The molecule has 0 atom stereocenters. The van der Waals surface area contributed by atoms with Gasteiger partial charge in [0.1, 0.15) is 5.56 Å². The van der Waals surface area contributed by atoms with Crippen LogP contribution in [0.1, 0.15) is 16.1 Å². The first-order chi connectivity index (χ1) is 13.3. The molecule has 0 aliphatic carbocycles. The maximum Gasteiger partial charge on any atom is 0.264 e. The van der Waals surface area contributed by atoms with Gasteiger partial charge in [-0.15, -0.1) is 0 Å². The number of sulfonamides is 1. The largest absolute Gasteiger partial charge is 0.326 e. The van der Waals surface area contributed by atoms with Crippen LogP contribution in [0.25, 0.3) is 0 Å². The highest BCUT2D eigenvalue weighted by Gasteiger charge is 2.22. The lowest BCUT2D eigenvalue weighted by Gasteiger charge is -2.19. The predicted octanol–water partition coefficient (Wildman–Crippen LogP) is 2.76. The summed E-state index contributed by atoms with van der Waals surface area (Å²) in [5, 5.41) is 2.57. The van der Waals surface area contributed by atoms with E-state index in [9.17, 15) is 18.0 Å². The van der Waals surface area contributed by atoms with Crippen LogP contribution >= 0.6 is 0 Å². The molecule has 0 bridgehead atoms. The van der Waals surface area contributed by atoms with Gasteiger partial charge in [0.05, 0.1) is 10.6 Å². The van der Waals surface area contributed by atoms with E-state index in [2.05, 4.69) is 10.3 Å². The molecule has 0 saturated carbocycles. The summed E-state index contributed by atoms with van der Waals surface area (Å²) < 4.78 is 26.9. The molecule has 8 heteroatoms. The Balaban J connectivity index is 1.88. The Labute approximate surface area is 162 Å². The van der Waals surface area contributed by atoms with Gasteiger partial charge < -0.3 is 10.3 Å². The fraction of sp³-hybridized carbons (Fsp3) is 0.100. The lowest BCUT2D eigenvalue weighted by molar-refractivity contribution is 0.102. The molecule has 7 nitrogen and oxygen atoms in total. The molecule has 1 amide bonds. The average Bonchev–Trinajstić information content (AvgIpc) is 2.68. The minimum Gasteiger partial charge on any atom is -0.326 e. The smallest absolute Gasteiger partial charge is 0.264 e. The van der Waals surface area contributed by atoms with Gasteiger partial charge in [-0.05, 0) is 49.4 Å². The van der Waals surface area contributed by atoms with Crippen molar-refractivity contribution in [3.8, 4) is 0 Å². The van der Waals surface area contributed by atoms with Gasteiger partial charge in [-0.2, -0.15) is 0 Å². The van der Waals surface area contributed by atoms with E-state index in [4.69, 9.17) is 0 Å². The number of hydrogen-bond donors (Lipinski definition) is 2. The molecule has 0 spiro atoms. The molecule has 0 unspecified atom stereocenters. The predicted molar refractivity (Wildman–Crippen MR) is 108 cm³/mol. The quantitative estimate of drug-likeness (QED) is 0.691. The average molecular weight is 397 g/mol. The first kappa shape index (κ1) is 19.4. The van der Waals surface area contributed by atoms with E-state index >= 15 is 0 Å². The minimum absolute atomic E-state index is 0.0227. The number of nitrogens with zero attached hydrogens (tertiary/aromatic N) is 1. The van der Waals surface area contributed by atoms with Gasteiger partial charge in [0.25, 0.3) is 21.5 Å². The fourth-order valence-electron chi connectivity index (χ4n) is 2.62. The summed E-state index contributed by atoms with van der Waals surface area (Å²) in [6.07, 6.45) is 0. The fourth-order valence-corrected chi connectivity index (χ4v) is 3.86. The lowest BCUT2D eigenvalue weighted by Crippen LogP contribution is -2.27. The first-order valence-corrected chi connectivity index (χ1v) is 9.88. The Hall–Kier alpha value is -3.39. The number of rotatable bonds is 5. The third-order valence-corrected chi connectivity index (χ3v) is 5.95. The van der Waals surface area contributed by atoms with Gasteiger partial charge in [-0.1, -0.05) is 24.3 Å². The van der Waals surface area contributed by atoms with Crippen LogP contribution in [0, 0.1) is 6.92 Å². The van der Waals surface area contributed by atoms with Crippen molar-refractivity contribution in [1.29, 1.82) is 0 Å². The molecule has 28 heavy (non-hydrogen) atoms. The molecule has 0 saturated heterocycles. The Morgan fingerprint density at radius 3 is 2.39 bits per heavy atom. The standard InChI is InChI=1S/C20H19N3O4S/c1-14-11-12-18(19(24)21-14)20(25)22-15-7-6-10-17(13-15)28(26,27)23(2)16-8-4-3-5-9-16/h3-13H,1-2H3,(H,21,24)(H,22,25). The number of hydrogen-bond acceptors (Lipinski definition) is 4. The third-order valence-electron chi connectivity index (χ3n) is 4.17. The van der Waals surface area contributed by atoms with Crippen LogP contribution in [0.5, 0.6) is 0 Å². The zero-order valence-corrected chi connectivity index (χ0v) is 16.2. The van der Waals surface area contributed by atoms with Crippen molar-refractivity contribution >= 4 is 27.3 Å². The SMILES string of the molecule is Cc1ccc(C(=O)Nc2cccc(S(=O)(=O)N(C)c3ccccc3)c2)c(=O)[nH]1. The summed E-state index contributed by atoms with van der Waals surface area (Å²) >= 11 is 0. The van der Waals surface area contributed by atoms with Crippen LogP contribution in [-0.4, -0.2) is 26.4 Å². The molecular weight excluding hydrogens is 378 g/mol. The molecule has 2 aromatic carbocycles. The molecule has 144 valence electrons. The number of pyridine rings is 1. The van der Waals surface area contributed by atoms with E-state index in [0.29, 0.717) is 11.4 Å². The number of aromatic amines is 1. The van der Waals surface area contributed by atoms with Gasteiger partial charge >= 0.3 is 0 Å². The number of benzene rings is 2. The summed E-state index contributed by atoms with van der Waals surface area (Å²) in [4.78, 5) is 26.9. The number of amides is 1. The number of aryl methyl sites for hydroxylation is 1. The molecule has 0 fully saturated rings. The van der Waals surface area contributed by atoms with Crippen molar-refractivity contribution in [3.05, 3.63) is 88.3 Å². The van der Waals surface area contributed by atoms with Gasteiger partial charge in [0, 0.05) is 18.4 Å². The van der Waals surface area contributed by atoms with E-state index in [1.54, 1.807) is 49.4 Å². The highest BCUT2D eigenvalue weighted by atomic mass is 32.2. The van der Waals surface area contributed by atoms with Gasteiger partial charge in [0.15, 0.2) is 0 Å². The zero-order valence-electron chi connectivity index (χ0n) is 15.3. The van der Waals surface area contributed by atoms with Crippen LogP contribution in [0.15, 0.2) is 76.4 Å². The Morgan fingerprint density at radius 2 is 1.71 bits per heavy atom. The van der Waals surface area contributed by atoms with Gasteiger partial charge in [0.2, 0.25) is 0 Å². The molecule has 1 aromatic heterocycles. The Morgan fingerprint density at radius 1 is 1.00 bits per heavy atom. The molecule has 1 heterocycles. The number of carbonyl (C=O) groups excluding carboxylic acids is 1. The summed E-state index contributed by atoms with van der Waals surface area (Å²) in [7, 11) is -2.35. The van der Waals surface area contributed by atoms with E-state index in [0.717, 1.165) is 0 Å². The topological polar surface area (TPSA) is 99.3 Å². The monoisotopic (exact) mass is 397 g/mol. The molecule has 2 N–H and O–H groups in total. The van der Waals surface area contributed by atoms with E-state index in [1.807, 2.05) is 0 Å². The zero-order chi connectivity index (χ0) is 20.3. The highest BCUT2D eigenvalue weighted by Crippen LogP contribution is 2.23. The normalized spacial score (nSPS) is 11.1. The number of aromatic nitrogens is 1.